The van der Waals surface area contributed by atoms with Crippen LogP contribution in [0.3, 0.4) is 0 Å². The normalized spacial score (nSPS) is 13.8. The third-order valence-corrected chi connectivity index (χ3v) is 2.58. The van der Waals surface area contributed by atoms with E-state index in [1.54, 1.807) is 0 Å². The summed E-state index contributed by atoms with van der Waals surface area (Å²) < 4.78 is 42.7. The van der Waals surface area contributed by atoms with Crippen molar-refractivity contribution in [3.05, 3.63) is 29.3 Å². The van der Waals surface area contributed by atoms with Crippen molar-refractivity contribution >= 4 is 0 Å². The molecule has 0 heterocycles. The Hall–Kier alpha value is -1.23. The molecule has 5 heteroatoms. The second-order valence-electron chi connectivity index (χ2n) is 4.33. The third-order valence-electron chi connectivity index (χ3n) is 2.58. The predicted molar refractivity (Wildman–Crippen MR) is 62.7 cm³/mol. The van der Waals surface area contributed by atoms with E-state index in [9.17, 15) is 18.3 Å². The van der Waals surface area contributed by atoms with Crippen LogP contribution in [0.1, 0.15) is 43.9 Å². The molecule has 102 valence electrons. The van der Waals surface area contributed by atoms with Gasteiger partial charge in [0.05, 0.1) is 6.61 Å². The molecule has 1 aromatic rings. The highest BCUT2D eigenvalue weighted by atomic mass is 19.4. The molecule has 0 aliphatic rings. The van der Waals surface area contributed by atoms with E-state index in [2.05, 4.69) is 0 Å². The lowest BCUT2D eigenvalue weighted by Crippen LogP contribution is -2.20. The molecule has 18 heavy (non-hydrogen) atoms. The van der Waals surface area contributed by atoms with Crippen molar-refractivity contribution in [2.24, 2.45) is 0 Å². The molecular weight excluding hydrogens is 245 g/mol. The Labute approximate surface area is 104 Å². The largest absolute Gasteiger partial charge is 0.494 e. The van der Waals surface area contributed by atoms with Crippen molar-refractivity contribution < 1.29 is 23.0 Å². The van der Waals surface area contributed by atoms with Gasteiger partial charge in [0.25, 0.3) is 0 Å². The molecule has 0 amide bonds. The number of alkyl halides is 3. The number of hydrogen-bond donors (Lipinski definition) is 1. The first-order chi connectivity index (χ1) is 8.27. The second-order valence-corrected chi connectivity index (χ2v) is 4.33. The lowest BCUT2D eigenvalue weighted by atomic mass is 9.97. The van der Waals surface area contributed by atoms with Gasteiger partial charge in [-0.15, -0.1) is 0 Å². The average molecular weight is 262 g/mol. The van der Waals surface area contributed by atoms with Gasteiger partial charge in [-0.2, -0.15) is 13.2 Å². The van der Waals surface area contributed by atoms with Crippen molar-refractivity contribution in [3.63, 3.8) is 0 Å². The predicted octanol–water partition coefficient (Wildman–Crippen LogP) is 3.80. The van der Waals surface area contributed by atoms with Crippen LogP contribution in [0.5, 0.6) is 5.75 Å². The maximum absolute atomic E-state index is 12.4. The number of hydrogen-bond acceptors (Lipinski definition) is 2. The van der Waals surface area contributed by atoms with Crippen molar-refractivity contribution in [3.8, 4) is 5.75 Å². The van der Waals surface area contributed by atoms with E-state index >= 15 is 0 Å². The first-order valence-corrected chi connectivity index (χ1v) is 5.78. The monoisotopic (exact) mass is 262 g/mol. The molecule has 0 bridgehead atoms. The fourth-order valence-electron chi connectivity index (χ4n) is 1.66. The van der Waals surface area contributed by atoms with E-state index in [1.807, 2.05) is 20.8 Å². The summed E-state index contributed by atoms with van der Waals surface area (Å²) in [6, 6.07) is 4.08. The second kappa shape index (κ2) is 5.61. The van der Waals surface area contributed by atoms with Gasteiger partial charge < -0.3 is 9.84 Å². The lowest BCUT2D eigenvalue weighted by Gasteiger charge is -2.19. The van der Waals surface area contributed by atoms with Crippen molar-refractivity contribution in [2.75, 3.05) is 6.61 Å². The first kappa shape index (κ1) is 14.8. The zero-order chi connectivity index (χ0) is 13.9. The van der Waals surface area contributed by atoms with E-state index in [1.165, 1.54) is 18.2 Å². The standard InChI is InChI=1S/C13H17F3O2/c1-4-18-11-6-5-9(7-10(11)8(2)3)12(17)13(14,15)16/h5-8,12,17H,4H2,1-3H3. The fourth-order valence-corrected chi connectivity index (χ4v) is 1.66. The fraction of sp³-hybridized carbons (Fsp3) is 0.538. The quantitative estimate of drug-likeness (QED) is 0.894. The van der Waals surface area contributed by atoms with Gasteiger partial charge in [-0.25, -0.2) is 0 Å². The zero-order valence-electron chi connectivity index (χ0n) is 10.6. The highest BCUT2D eigenvalue weighted by Gasteiger charge is 2.39. The van der Waals surface area contributed by atoms with Crippen molar-refractivity contribution in [1.82, 2.24) is 0 Å². The highest BCUT2D eigenvalue weighted by Crippen LogP contribution is 2.36. The summed E-state index contributed by atoms with van der Waals surface area (Å²) in [5.74, 6) is 0.581. The Morgan fingerprint density at radius 1 is 1.28 bits per heavy atom. The third kappa shape index (κ3) is 3.38. The molecule has 0 saturated carbocycles. The van der Waals surface area contributed by atoms with E-state index in [4.69, 9.17) is 4.74 Å². The average Bonchev–Trinajstić information content (AvgIpc) is 2.27. The summed E-state index contributed by atoms with van der Waals surface area (Å²) in [4.78, 5) is 0. The van der Waals surface area contributed by atoms with Crippen LogP contribution in [0.4, 0.5) is 13.2 Å². The minimum Gasteiger partial charge on any atom is -0.494 e. The summed E-state index contributed by atoms with van der Waals surface area (Å²) in [7, 11) is 0. The Kier molecular flexibility index (Phi) is 4.62. The molecule has 0 saturated heterocycles. The molecule has 0 aliphatic carbocycles. The molecule has 1 unspecified atom stereocenters. The van der Waals surface area contributed by atoms with Crippen LogP contribution in [-0.4, -0.2) is 17.9 Å². The van der Waals surface area contributed by atoms with E-state index < -0.39 is 12.3 Å². The van der Waals surface area contributed by atoms with Crippen LogP contribution in [-0.2, 0) is 0 Å². The minimum atomic E-state index is -4.65. The summed E-state index contributed by atoms with van der Waals surface area (Å²) in [6.45, 7) is 5.98. The van der Waals surface area contributed by atoms with Gasteiger partial charge in [-0.05, 0) is 36.1 Å². The summed E-state index contributed by atoms with van der Waals surface area (Å²) in [6.07, 6.45) is -7.10. The molecule has 1 N–H and O–H groups in total. The minimum absolute atomic E-state index is 0.0203. The van der Waals surface area contributed by atoms with Gasteiger partial charge in [0, 0.05) is 0 Å². The topological polar surface area (TPSA) is 29.5 Å². The molecule has 1 atom stereocenters. The number of benzene rings is 1. The maximum Gasteiger partial charge on any atom is 0.418 e. The van der Waals surface area contributed by atoms with Gasteiger partial charge in [0.15, 0.2) is 6.10 Å². The Morgan fingerprint density at radius 2 is 1.89 bits per heavy atom. The molecule has 0 fully saturated rings. The van der Waals surface area contributed by atoms with Crippen LogP contribution in [0.2, 0.25) is 0 Å². The number of rotatable bonds is 4. The summed E-state index contributed by atoms with van der Waals surface area (Å²) >= 11 is 0. The van der Waals surface area contributed by atoms with Gasteiger partial charge in [0.1, 0.15) is 5.75 Å². The Bertz CT molecular complexity index is 400. The molecule has 0 radical (unpaired) electrons. The number of ether oxygens (including phenoxy) is 1. The molecule has 1 rings (SSSR count). The van der Waals surface area contributed by atoms with Gasteiger partial charge in [-0.1, -0.05) is 19.9 Å². The van der Waals surface area contributed by atoms with Gasteiger partial charge in [-0.3, -0.25) is 0 Å². The van der Waals surface area contributed by atoms with E-state index in [0.717, 1.165) is 0 Å². The van der Waals surface area contributed by atoms with Gasteiger partial charge >= 0.3 is 6.18 Å². The van der Waals surface area contributed by atoms with Crippen LogP contribution in [0.15, 0.2) is 18.2 Å². The smallest absolute Gasteiger partial charge is 0.418 e. The molecule has 0 aromatic heterocycles. The number of aliphatic hydroxyl groups is 1. The van der Waals surface area contributed by atoms with Crippen LogP contribution < -0.4 is 4.74 Å². The first-order valence-electron chi connectivity index (χ1n) is 5.78. The summed E-state index contributed by atoms with van der Waals surface area (Å²) in [5.41, 5.74) is 0.507. The number of halogens is 3. The van der Waals surface area contributed by atoms with E-state index in [-0.39, 0.29) is 11.5 Å². The maximum atomic E-state index is 12.4. The molecule has 1 aromatic carbocycles. The molecule has 0 aliphatic heterocycles. The van der Waals surface area contributed by atoms with Crippen LogP contribution in [0.25, 0.3) is 0 Å². The summed E-state index contributed by atoms with van der Waals surface area (Å²) in [5, 5.41) is 9.22. The number of aliphatic hydroxyl groups excluding tert-OH is 1. The Morgan fingerprint density at radius 3 is 2.33 bits per heavy atom. The highest BCUT2D eigenvalue weighted by molar-refractivity contribution is 5.40. The SMILES string of the molecule is CCOc1ccc(C(O)C(F)(F)F)cc1C(C)C. The zero-order valence-corrected chi connectivity index (χ0v) is 10.6. The molecule has 0 spiro atoms. The molecular formula is C13H17F3O2. The van der Waals surface area contributed by atoms with Gasteiger partial charge in [0.2, 0.25) is 0 Å². The van der Waals surface area contributed by atoms with Crippen LogP contribution >= 0.6 is 0 Å². The van der Waals surface area contributed by atoms with Crippen molar-refractivity contribution in [1.29, 1.82) is 0 Å². The Balaban J connectivity index is 3.15. The lowest BCUT2D eigenvalue weighted by molar-refractivity contribution is -0.206. The van der Waals surface area contributed by atoms with Crippen molar-refractivity contribution in [2.45, 2.75) is 39.0 Å². The van der Waals surface area contributed by atoms with E-state index in [0.29, 0.717) is 17.9 Å². The van der Waals surface area contributed by atoms with Crippen LogP contribution in [0, 0.1) is 0 Å². The molecule has 2 nitrogen and oxygen atoms in total.